The third kappa shape index (κ3) is 3.73. The van der Waals surface area contributed by atoms with E-state index in [0.717, 1.165) is 24.8 Å². The highest BCUT2D eigenvalue weighted by molar-refractivity contribution is 5.34. The molecule has 0 aromatic heterocycles. The Kier molecular flexibility index (Phi) is 4.14. The smallest absolute Gasteiger partial charge is 0.406 e. The zero-order valence-corrected chi connectivity index (χ0v) is 10.6. The first-order chi connectivity index (χ1) is 8.99. The van der Waals surface area contributed by atoms with E-state index in [9.17, 15) is 13.2 Å². The zero-order valence-electron chi connectivity index (χ0n) is 10.6. The Morgan fingerprint density at radius 3 is 2.37 bits per heavy atom. The van der Waals surface area contributed by atoms with Gasteiger partial charge >= 0.3 is 6.36 Å². The molecule has 19 heavy (non-hydrogen) atoms. The summed E-state index contributed by atoms with van der Waals surface area (Å²) >= 11 is 0. The van der Waals surface area contributed by atoms with E-state index in [-0.39, 0.29) is 11.8 Å². The van der Waals surface area contributed by atoms with Crippen molar-refractivity contribution >= 4 is 0 Å². The summed E-state index contributed by atoms with van der Waals surface area (Å²) in [4.78, 5) is 0. The molecule has 2 rings (SSSR count). The molecule has 0 aliphatic heterocycles. The summed E-state index contributed by atoms with van der Waals surface area (Å²) in [7, 11) is 1.85. The van der Waals surface area contributed by atoms with Crippen LogP contribution in [0.1, 0.15) is 30.9 Å². The Morgan fingerprint density at radius 1 is 1.21 bits per heavy atom. The highest BCUT2D eigenvalue weighted by atomic mass is 19.4. The Bertz CT molecular complexity index is 451. The van der Waals surface area contributed by atoms with E-state index in [1.165, 1.54) is 17.7 Å². The van der Waals surface area contributed by atoms with Crippen LogP contribution in [0.2, 0.25) is 0 Å². The van der Waals surface area contributed by atoms with Crippen LogP contribution in [0.25, 0.3) is 0 Å². The number of hydrogen-bond donors (Lipinski definition) is 1. The van der Waals surface area contributed by atoms with Gasteiger partial charge in [-0.25, -0.2) is 0 Å². The maximum absolute atomic E-state index is 12.1. The summed E-state index contributed by atoms with van der Waals surface area (Å²) in [6, 6.07) is 6.11. The molecule has 1 aromatic carbocycles. The minimum atomic E-state index is -4.64. The van der Waals surface area contributed by atoms with E-state index in [0.29, 0.717) is 0 Å². The van der Waals surface area contributed by atoms with Crippen molar-refractivity contribution in [2.75, 3.05) is 7.05 Å². The molecule has 1 atom stereocenters. The highest BCUT2D eigenvalue weighted by Gasteiger charge is 2.31. The van der Waals surface area contributed by atoms with Gasteiger partial charge in [-0.15, -0.1) is 13.2 Å². The zero-order chi connectivity index (χ0) is 13.9. The fourth-order valence-electron chi connectivity index (χ4n) is 2.39. The van der Waals surface area contributed by atoms with Crippen LogP contribution in [-0.2, 0) is 0 Å². The molecule has 0 heterocycles. The number of ether oxygens (including phenoxy) is 1. The number of hydrogen-bond acceptors (Lipinski definition) is 2. The fourth-order valence-corrected chi connectivity index (χ4v) is 2.39. The van der Waals surface area contributed by atoms with Gasteiger partial charge in [-0.3, -0.25) is 0 Å². The second-order valence-electron chi connectivity index (χ2n) is 4.51. The number of halogens is 3. The number of allylic oxidation sites excluding steroid dienone is 1. The van der Waals surface area contributed by atoms with Crippen molar-refractivity contribution < 1.29 is 17.9 Å². The lowest BCUT2D eigenvalue weighted by Crippen LogP contribution is -2.19. The normalized spacial score (nSPS) is 17.2. The molecule has 0 bridgehead atoms. The maximum atomic E-state index is 12.1. The lowest BCUT2D eigenvalue weighted by Gasteiger charge is -2.19. The summed E-state index contributed by atoms with van der Waals surface area (Å²) in [5.41, 5.74) is 2.25. The average Bonchev–Trinajstić information content (AvgIpc) is 2.84. The standard InChI is InChI=1S/C14H16F3NO/c1-18-13(10-4-2-3-5-10)11-6-8-12(9-7-11)19-14(15,16)17/h4,6-9,13,18H,2-3,5H2,1H3. The summed E-state index contributed by atoms with van der Waals surface area (Å²) in [5.74, 6) is -0.188. The van der Waals surface area contributed by atoms with Gasteiger partial charge in [0.05, 0.1) is 6.04 Å². The van der Waals surface area contributed by atoms with Crippen molar-refractivity contribution in [2.45, 2.75) is 31.7 Å². The molecular weight excluding hydrogens is 255 g/mol. The van der Waals surface area contributed by atoms with Gasteiger partial charge in [0.2, 0.25) is 0 Å². The van der Waals surface area contributed by atoms with Crippen LogP contribution in [-0.4, -0.2) is 13.4 Å². The van der Waals surface area contributed by atoms with Crippen LogP contribution >= 0.6 is 0 Å². The van der Waals surface area contributed by atoms with Crippen LogP contribution in [0.15, 0.2) is 35.9 Å². The third-order valence-corrected chi connectivity index (χ3v) is 3.18. The molecule has 1 aliphatic carbocycles. The van der Waals surface area contributed by atoms with Crippen molar-refractivity contribution in [3.63, 3.8) is 0 Å². The van der Waals surface area contributed by atoms with Crippen molar-refractivity contribution in [2.24, 2.45) is 0 Å². The van der Waals surface area contributed by atoms with E-state index in [4.69, 9.17) is 0 Å². The Hall–Kier alpha value is -1.49. The van der Waals surface area contributed by atoms with Crippen LogP contribution in [0.4, 0.5) is 13.2 Å². The minimum absolute atomic E-state index is 0.0717. The van der Waals surface area contributed by atoms with Gasteiger partial charge in [0.1, 0.15) is 5.75 Å². The SMILES string of the molecule is CNC(C1=CCCC1)c1ccc(OC(F)(F)F)cc1. The van der Waals surface area contributed by atoms with Gasteiger partial charge in [-0.05, 0) is 44.0 Å². The lowest BCUT2D eigenvalue weighted by atomic mass is 9.98. The van der Waals surface area contributed by atoms with Crippen LogP contribution < -0.4 is 10.1 Å². The molecule has 104 valence electrons. The molecule has 1 N–H and O–H groups in total. The molecule has 5 heteroatoms. The number of alkyl halides is 3. The van der Waals surface area contributed by atoms with Gasteiger partial charge in [0, 0.05) is 0 Å². The van der Waals surface area contributed by atoms with Crippen LogP contribution in [0, 0.1) is 0 Å². The second-order valence-corrected chi connectivity index (χ2v) is 4.51. The second kappa shape index (κ2) is 5.65. The van der Waals surface area contributed by atoms with Gasteiger partial charge in [0.15, 0.2) is 0 Å². The average molecular weight is 271 g/mol. The highest BCUT2D eigenvalue weighted by Crippen LogP contribution is 2.31. The van der Waals surface area contributed by atoms with Crippen LogP contribution in [0.5, 0.6) is 5.75 Å². The van der Waals surface area contributed by atoms with Crippen LogP contribution in [0.3, 0.4) is 0 Å². The van der Waals surface area contributed by atoms with E-state index < -0.39 is 6.36 Å². The maximum Gasteiger partial charge on any atom is 0.573 e. The predicted molar refractivity (Wildman–Crippen MR) is 66.9 cm³/mol. The first kappa shape index (κ1) is 13.9. The molecule has 0 saturated heterocycles. The summed E-state index contributed by atoms with van der Waals surface area (Å²) in [5, 5.41) is 3.20. The summed E-state index contributed by atoms with van der Waals surface area (Å²) < 4.78 is 40.1. The van der Waals surface area contributed by atoms with E-state index >= 15 is 0 Å². The number of likely N-dealkylation sites (N-methyl/N-ethyl adjacent to an activating group) is 1. The Morgan fingerprint density at radius 2 is 1.89 bits per heavy atom. The lowest BCUT2D eigenvalue weighted by molar-refractivity contribution is -0.274. The largest absolute Gasteiger partial charge is 0.573 e. The van der Waals surface area contributed by atoms with E-state index in [1.54, 1.807) is 12.1 Å². The first-order valence-corrected chi connectivity index (χ1v) is 6.21. The predicted octanol–water partition coefficient (Wildman–Crippen LogP) is 3.96. The molecule has 2 nitrogen and oxygen atoms in total. The van der Waals surface area contributed by atoms with Gasteiger partial charge in [-0.2, -0.15) is 0 Å². The molecule has 1 aliphatic rings. The Labute approximate surface area is 110 Å². The van der Waals surface area contributed by atoms with Crippen molar-refractivity contribution in [1.29, 1.82) is 0 Å². The van der Waals surface area contributed by atoms with Crippen molar-refractivity contribution in [1.82, 2.24) is 5.32 Å². The Balaban J connectivity index is 2.12. The monoisotopic (exact) mass is 271 g/mol. The number of rotatable bonds is 4. The number of benzene rings is 1. The van der Waals surface area contributed by atoms with Gasteiger partial charge in [0.25, 0.3) is 0 Å². The van der Waals surface area contributed by atoms with E-state index in [2.05, 4.69) is 16.1 Å². The van der Waals surface area contributed by atoms with Gasteiger partial charge < -0.3 is 10.1 Å². The quantitative estimate of drug-likeness (QED) is 0.837. The molecule has 1 aromatic rings. The fraction of sp³-hybridized carbons (Fsp3) is 0.429. The molecule has 0 amide bonds. The minimum Gasteiger partial charge on any atom is -0.406 e. The molecule has 0 fully saturated rings. The summed E-state index contributed by atoms with van der Waals surface area (Å²) in [6.07, 6.45) is 0.803. The van der Waals surface area contributed by atoms with Gasteiger partial charge in [-0.1, -0.05) is 23.8 Å². The molecule has 0 radical (unpaired) electrons. The number of nitrogens with one attached hydrogen (secondary N) is 1. The van der Waals surface area contributed by atoms with E-state index in [1.807, 2.05) is 7.05 Å². The first-order valence-electron chi connectivity index (χ1n) is 6.21. The molecule has 1 unspecified atom stereocenters. The molecule has 0 saturated carbocycles. The van der Waals surface area contributed by atoms with Crippen molar-refractivity contribution in [3.05, 3.63) is 41.5 Å². The molecular formula is C14H16F3NO. The third-order valence-electron chi connectivity index (χ3n) is 3.18. The van der Waals surface area contributed by atoms with Crippen molar-refractivity contribution in [3.8, 4) is 5.75 Å². The topological polar surface area (TPSA) is 21.3 Å². The molecule has 0 spiro atoms. The summed E-state index contributed by atoms with van der Waals surface area (Å²) in [6.45, 7) is 0.